The van der Waals surface area contributed by atoms with Crippen LogP contribution in [0.5, 0.6) is 5.75 Å². The molecule has 0 bridgehead atoms. The van der Waals surface area contributed by atoms with Gasteiger partial charge in [-0.3, -0.25) is 9.59 Å². The average molecular weight is 427 g/mol. The molecule has 5 nitrogen and oxygen atoms in total. The normalized spacial score (nSPS) is 14.2. The van der Waals surface area contributed by atoms with E-state index in [1.165, 1.54) is 43.9 Å². The van der Waals surface area contributed by atoms with Gasteiger partial charge in [0.15, 0.2) is 0 Å². The molecule has 2 aromatic rings. The van der Waals surface area contributed by atoms with Gasteiger partial charge in [-0.15, -0.1) is 11.8 Å². The summed E-state index contributed by atoms with van der Waals surface area (Å²) in [6.45, 7) is 1.14. The van der Waals surface area contributed by atoms with Crippen molar-refractivity contribution >= 4 is 23.6 Å². The van der Waals surface area contributed by atoms with Gasteiger partial charge in [0.2, 0.25) is 5.91 Å². The summed E-state index contributed by atoms with van der Waals surface area (Å²) >= 11 is 1.40. The van der Waals surface area contributed by atoms with E-state index in [0.717, 1.165) is 22.8 Å². The molecule has 160 valence electrons. The van der Waals surface area contributed by atoms with Crippen molar-refractivity contribution in [3.05, 3.63) is 59.7 Å². The molecule has 6 heteroatoms. The molecular weight excluding hydrogens is 396 g/mol. The number of hydrogen-bond donors (Lipinski definition) is 2. The van der Waals surface area contributed by atoms with Crippen LogP contribution in [0.4, 0.5) is 0 Å². The minimum absolute atomic E-state index is 0.0230. The molecule has 0 saturated heterocycles. The van der Waals surface area contributed by atoms with E-state index in [1.54, 1.807) is 13.2 Å². The summed E-state index contributed by atoms with van der Waals surface area (Å²) in [6.07, 6.45) is 6.28. The number of rotatable bonds is 9. The smallest absolute Gasteiger partial charge is 0.252 e. The highest BCUT2D eigenvalue weighted by molar-refractivity contribution is 8.00. The topological polar surface area (TPSA) is 67.4 Å². The average Bonchev–Trinajstić information content (AvgIpc) is 2.81. The maximum Gasteiger partial charge on any atom is 0.252 e. The van der Waals surface area contributed by atoms with E-state index < -0.39 is 0 Å². The van der Waals surface area contributed by atoms with Crippen LogP contribution >= 0.6 is 11.8 Å². The Bertz CT molecular complexity index is 850. The van der Waals surface area contributed by atoms with Crippen molar-refractivity contribution in [2.24, 2.45) is 5.92 Å². The Morgan fingerprint density at radius 3 is 2.53 bits per heavy atom. The number of carbonyl (C=O) groups excluding carboxylic acids is 2. The van der Waals surface area contributed by atoms with Crippen molar-refractivity contribution in [3.63, 3.8) is 0 Å². The van der Waals surface area contributed by atoms with E-state index in [2.05, 4.69) is 10.6 Å². The quantitative estimate of drug-likeness (QED) is 0.583. The van der Waals surface area contributed by atoms with E-state index in [0.29, 0.717) is 23.8 Å². The highest BCUT2D eigenvalue weighted by Crippen LogP contribution is 2.24. The Morgan fingerprint density at radius 2 is 1.73 bits per heavy atom. The largest absolute Gasteiger partial charge is 0.496 e. The third-order valence-corrected chi connectivity index (χ3v) is 6.51. The summed E-state index contributed by atoms with van der Waals surface area (Å²) in [4.78, 5) is 25.8. The Balaban J connectivity index is 1.51. The number of benzene rings is 2. The highest BCUT2D eigenvalue weighted by Gasteiger charge is 2.16. The molecule has 0 aromatic heterocycles. The fourth-order valence-electron chi connectivity index (χ4n) is 3.74. The standard InChI is InChI=1S/C24H30N2O3S/c1-29-21-13-7-5-11-19(21)16-26-24(28)20-12-6-8-14-22(20)30-17-23(27)25-15-18-9-3-2-4-10-18/h5-8,11-14,18H,2-4,9-10,15-17H2,1H3,(H,25,27)(H,26,28). The van der Waals surface area contributed by atoms with Crippen molar-refractivity contribution < 1.29 is 14.3 Å². The van der Waals surface area contributed by atoms with Crippen LogP contribution in [0.15, 0.2) is 53.4 Å². The molecule has 0 radical (unpaired) electrons. The summed E-state index contributed by atoms with van der Waals surface area (Å²) in [6, 6.07) is 15.0. The molecule has 30 heavy (non-hydrogen) atoms. The molecule has 1 saturated carbocycles. The van der Waals surface area contributed by atoms with E-state index in [4.69, 9.17) is 4.74 Å². The highest BCUT2D eigenvalue weighted by atomic mass is 32.2. The maximum absolute atomic E-state index is 12.7. The molecule has 1 aliphatic rings. The van der Waals surface area contributed by atoms with Crippen LogP contribution in [0, 0.1) is 5.92 Å². The molecule has 0 unspecified atom stereocenters. The van der Waals surface area contributed by atoms with Gasteiger partial charge in [-0.2, -0.15) is 0 Å². The molecule has 1 fully saturated rings. The van der Waals surface area contributed by atoms with Crippen molar-refractivity contribution in [2.75, 3.05) is 19.4 Å². The van der Waals surface area contributed by atoms with Gasteiger partial charge in [-0.25, -0.2) is 0 Å². The van der Waals surface area contributed by atoms with Crippen LogP contribution in [-0.4, -0.2) is 31.2 Å². The van der Waals surface area contributed by atoms with Crippen molar-refractivity contribution in [1.82, 2.24) is 10.6 Å². The van der Waals surface area contributed by atoms with Gasteiger partial charge in [0.25, 0.3) is 5.91 Å². The molecule has 2 N–H and O–H groups in total. The predicted molar refractivity (Wildman–Crippen MR) is 121 cm³/mol. The predicted octanol–water partition coefficient (Wildman–Crippen LogP) is 4.41. The number of amides is 2. The maximum atomic E-state index is 12.7. The number of thioether (sulfide) groups is 1. The Hall–Kier alpha value is -2.47. The lowest BCUT2D eigenvalue weighted by Crippen LogP contribution is -2.31. The SMILES string of the molecule is COc1ccccc1CNC(=O)c1ccccc1SCC(=O)NCC1CCCCC1. The van der Waals surface area contributed by atoms with E-state index in [9.17, 15) is 9.59 Å². The van der Waals surface area contributed by atoms with Gasteiger partial charge in [0, 0.05) is 23.5 Å². The van der Waals surface area contributed by atoms with Crippen molar-refractivity contribution in [1.29, 1.82) is 0 Å². The molecule has 2 aromatic carbocycles. The molecule has 0 heterocycles. The number of carbonyl (C=O) groups is 2. The molecule has 3 rings (SSSR count). The molecular formula is C24H30N2O3S. The summed E-state index contributed by atoms with van der Waals surface area (Å²) in [5, 5.41) is 6.01. The third kappa shape index (κ3) is 6.52. The molecule has 2 amide bonds. The molecule has 0 aliphatic heterocycles. The zero-order chi connectivity index (χ0) is 21.2. The van der Waals surface area contributed by atoms with Crippen LogP contribution in [0.25, 0.3) is 0 Å². The van der Waals surface area contributed by atoms with Crippen molar-refractivity contribution in [3.8, 4) is 5.75 Å². The minimum Gasteiger partial charge on any atom is -0.496 e. The monoisotopic (exact) mass is 426 g/mol. The summed E-state index contributed by atoms with van der Waals surface area (Å²) in [5.74, 6) is 1.53. The summed E-state index contributed by atoms with van der Waals surface area (Å²) < 4.78 is 5.34. The molecule has 0 atom stereocenters. The number of ether oxygens (including phenoxy) is 1. The van der Waals surface area contributed by atoms with Crippen molar-refractivity contribution in [2.45, 2.75) is 43.5 Å². The first-order valence-corrected chi connectivity index (χ1v) is 11.5. The number of hydrogen-bond acceptors (Lipinski definition) is 4. The first-order valence-electron chi connectivity index (χ1n) is 10.6. The van der Waals surface area contributed by atoms with Gasteiger partial charge >= 0.3 is 0 Å². The second-order valence-electron chi connectivity index (χ2n) is 7.59. The van der Waals surface area contributed by atoms with E-state index in [1.807, 2.05) is 42.5 Å². The lowest BCUT2D eigenvalue weighted by Gasteiger charge is -2.21. The second kappa shape index (κ2) is 11.6. The fraction of sp³-hybridized carbons (Fsp3) is 0.417. The van der Waals surface area contributed by atoms with Gasteiger partial charge in [-0.1, -0.05) is 49.6 Å². The third-order valence-electron chi connectivity index (χ3n) is 5.44. The first kappa shape index (κ1) is 22.2. The summed E-state index contributed by atoms with van der Waals surface area (Å²) in [5.41, 5.74) is 1.50. The lowest BCUT2D eigenvalue weighted by molar-refractivity contribution is -0.118. The Kier molecular flexibility index (Phi) is 8.63. The molecule has 1 aliphatic carbocycles. The van der Waals surface area contributed by atoms with Crippen LogP contribution < -0.4 is 15.4 Å². The number of methoxy groups -OCH3 is 1. The zero-order valence-electron chi connectivity index (χ0n) is 17.5. The van der Waals surface area contributed by atoms with E-state index >= 15 is 0 Å². The van der Waals surface area contributed by atoms with Gasteiger partial charge in [0.05, 0.1) is 18.4 Å². The van der Waals surface area contributed by atoms with Gasteiger partial charge in [0.1, 0.15) is 5.75 Å². The van der Waals surface area contributed by atoms with Crippen LogP contribution in [0.3, 0.4) is 0 Å². The molecule has 0 spiro atoms. The Labute approximate surface area is 183 Å². The fourth-order valence-corrected chi connectivity index (χ4v) is 4.62. The number of para-hydroxylation sites is 1. The first-order chi connectivity index (χ1) is 14.7. The minimum atomic E-state index is -0.161. The number of nitrogens with one attached hydrogen (secondary N) is 2. The van der Waals surface area contributed by atoms with Crippen LogP contribution in [0.2, 0.25) is 0 Å². The second-order valence-corrected chi connectivity index (χ2v) is 8.60. The zero-order valence-corrected chi connectivity index (χ0v) is 18.3. The lowest BCUT2D eigenvalue weighted by atomic mass is 9.89. The van der Waals surface area contributed by atoms with Gasteiger partial charge < -0.3 is 15.4 Å². The van der Waals surface area contributed by atoms with Crippen LogP contribution in [0.1, 0.15) is 48.0 Å². The Morgan fingerprint density at radius 1 is 1.00 bits per heavy atom. The van der Waals surface area contributed by atoms with Gasteiger partial charge in [-0.05, 0) is 37.0 Å². The van der Waals surface area contributed by atoms with E-state index in [-0.39, 0.29) is 11.8 Å². The summed E-state index contributed by atoms with van der Waals surface area (Å²) in [7, 11) is 1.62. The van der Waals surface area contributed by atoms with Crippen LogP contribution in [-0.2, 0) is 11.3 Å².